The number of hydrogen-bond donors (Lipinski definition) is 3. The van der Waals surface area contributed by atoms with Crippen LogP contribution in [0, 0.1) is 29.1 Å². The summed E-state index contributed by atoms with van der Waals surface area (Å²) in [5.74, 6) is 3.64. The fourth-order valence-corrected chi connectivity index (χ4v) is 10.6. The molecular formula is C60H103ClF3N9O15S3. The summed E-state index contributed by atoms with van der Waals surface area (Å²) < 4.78 is 77.6. The first-order chi connectivity index (χ1) is 42.2. The summed E-state index contributed by atoms with van der Waals surface area (Å²) in [6.45, 7) is 24.9. The Morgan fingerprint density at radius 2 is 1.36 bits per heavy atom. The number of alkyl halides is 3. The number of hydrogen-bond acceptors (Lipinski definition) is 20. The number of anilines is 1. The number of carbonyl (C=O) groups is 10. The van der Waals surface area contributed by atoms with Gasteiger partial charge in [-0.15, -0.1) is 0 Å². The molecule has 31 heteroatoms. The van der Waals surface area contributed by atoms with Crippen LogP contribution in [0.25, 0.3) is 0 Å². The summed E-state index contributed by atoms with van der Waals surface area (Å²) in [5.41, 5.74) is 0.604. The van der Waals surface area contributed by atoms with Gasteiger partial charge in [0.15, 0.2) is 9.84 Å². The van der Waals surface area contributed by atoms with Gasteiger partial charge in [0, 0.05) is 120 Å². The monoisotopic (exact) mass is 1380 g/mol. The van der Waals surface area contributed by atoms with E-state index in [-0.39, 0.29) is 65.4 Å². The first-order valence-corrected chi connectivity index (χ1v) is 34.5. The van der Waals surface area contributed by atoms with Crippen LogP contribution in [0.3, 0.4) is 0 Å². The fourth-order valence-electron chi connectivity index (χ4n) is 6.57. The highest BCUT2D eigenvalue weighted by molar-refractivity contribution is 7.99. The van der Waals surface area contributed by atoms with Crippen molar-refractivity contribution >= 4 is 109 Å². The van der Waals surface area contributed by atoms with E-state index in [4.69, 9.17) is 16.9 Å². The molecule has 2 saturated heterocycles. The maximum absolute atomic E-state index is 11.5. The Labute approximate surface area is 549 Å². The molecule has 3 unspecified atom stereocenters. The molecule has 3 N–H and O–H groups in total. The third-order valence-electron chi connectivity index (χ3n) is 10.6. The van der Waals surface area contributed by atoms with Gasteiger partial charge < -0.3 is 29.7 Å². The van der Waals surface area contributed by atoms with Crippen LogP contribution >= 0.6 is 23.4 Å². The highest BCUT2D eigenvalue weighted by Gasteiger charge is 2.31. The number of nitrogens with one attached hydrogen (secondary N) is 3. The van der Waals surface area contributed by atoms with Crippen LogP contribution in [0.1, 0.15) is 180 Å². The molecule has 0 saturated carbocycles. The van der Waals surface area contributed by atoms with Crippen molar-refractivity contribution < 1.29 is 83.2 Å². The number of Topliss-reactive ketones (excluding diaryl/α,β-unsaturated/α-hetero) is 5. The molecule has 91 heavy (non-hydrogen) atoms. The normalized spacial score (nSPS) is 14.3. The van der Waals surface area contributed by atoms with E-state index in [1.807, 2.05) is 60.8 Å². The molecule has 2 fully saturated rings. The van der Waals surface area contributed by atoms with Crippen LogP contribution in [-0.4, -0.2) is 171 Å². The first kappa shape index (κ1) is 96.1. The van der Waals surface area contributed by atoms with Crippen LogP contribution in [0.5, 0.6) is 0 Å². The van der Waals surface area contributed by atoms with Gasteiger partial charge in [0.25, 0.3) is 0 Å². The van der Waals surface area contributed by atoms with Crippen molar-refractivity contribution in [1.29, 1.82) is 5.26 Å². The van der Waals surface area contributed by atoms with E-state index in [0.29, 0.717) is 65.3 Å². The van der Waals surface area contributed by atoms with E-state index in [0.717, 1.165) is 67.9 Å². The minimum atomic E-state index is -4.40. The lowest BCUT2D eigenvalue weighted by Gasteiger charge is -2.15. The maximum atomic E-state index is 11.5. The molecule has 0 radical (unpaired) electrons. The van der Waals surface area contributed by atoms with Crippen LogP contribution in [-0.2, 0) is 80.3 Å². The van der Waals surface area contributed by atoms with Crippen molar-refractivity contribution in [2.24, 2.45) is 24.8 Å². The van der Waals surface area contributed by atoms with Crippen LogP contribution in [0.2, 0.25) is 5.02 Å². The number of methoxy groups -OCH3 is 2. The van der Waals surface area contributed by atoms with Gasteiger partial charge in [-0.25, -0.2) is 28.1 Å². The van der Waals surface area contributed by atoms with Crippen molar-refractivity contribution in [2.75, 3.05) is 67.8 Å². The largest absolute Gasteiger partial charge is 0.452 e. The lowest BCUT2D eigenvalue weighted by molar-refractivity contribution is -0.154. The second-order valence-corrected chi connectivity index (χ2v) is 25.8. The molecule has 2 aliphatic rings. The van der Waals surface area contributed by atoms with Gasteiger partial charge >= 0.3 is 12.3 Å². The maximum Gasteiger partial charge on any atom is 0.418 e. The summed E-state index contributed by atoms with van der Waals surface area (Å²) in [6.07, 6.45) is 10.1. The zero-order chi connectivity index (χ0) is 71.9. The second-order valence-electron chi connectivity index (χ2n) is 20.6. The van der Waals surface area contributed by atoms with Crippen LogP contribution in [0.4, 0.5) is 23.9 Å². The smallest absolute Gasteiger partial charge is 0.418 e. The number of ketones is 5. The molecule has 24 nitrogen and oxygen atoms in total. The molecule has 2 aromatic rings. The quantitative estimate of drug-likeness (QED) is 0.104. The SMILES string of the molecule is CC(=O)CC1CCS(=O)(=O)C1.CC(=O)CC1CCS(=O)C1.CC(=O)Nc1ncc(Cl)cn1.CC(C)NC(=O)CC(F)(F)F.CCCC(=O)C(C)C.CCCC(=O)CC.CCCC(=O)CSC.CCNC(C)=O.COCN(C(C)=O)C(=O)OC.Cn1cc(C#N)cn1. The molecule has 5 amide bonds. The van der Waals surface area contributed by atoms with Crippen molar-refractivity contribution in [2.45, 2.75) is 186 Å². The number of thioether (sulfide) groups is 1. The number of imide groups is 1. The predicted molar refractivity (Wildman–Crippen MR) is 351 cm³/mol. The van der Waals surface area contributed by atoms with Crippen molar-refractivity contribution in [3.63, 3.8) is 0 Å². The van der Waals surface area contributed by atoms with E-state index in [1.165, 1.54) is 60.5 Å². The molecule has 3 atom stereocenters. The Bertz CT molecular complexity index is 2580. The average molecular weight is 1380 g/mol. The number of aromatic nitrogens is 4. The fraction of sp³-hybridized carbons (Fsp3) is 0.700. The van der Waals surface area contributed by atoms with Gasteiger partial charge in [0.2, 0.25) is 29.6 Å². The lowest BCUT2D eigenvalue weighted by atomic mass is 10.0. The third-order valence-corrected chi connectivity index (χ3v) is 14.7. The summed E-state index contributed by atoms with van der Waals surface area (Å²) in [5, 5.41) is 19.6. The number of nitrogens with zero attached hydrogens (tertiary/aromatic N) is 6. The molecule has 2 aliphatic heterocycles. The number of carbonyl (C=O) groups excluding carboxylic acids is 10. The minimum absolute atomic E-state index is 0.0394. The third kappa shape index (κ3) is 69.7. The van der Waals surface area contributed by atoms with Crippen molar-refractivity contribution in [1.82, 2.24) is 35.3 Å². The zero-order valence-electron chi connectivity index (χ0n) is 56.6. The molecule has 0 spiro atoms. The van der Waals surface area contributed by atoms with E-state index < -0.39 is 51.1 Å². The highest BCUT2D eigenvalue weighted by Crippen LogP contribution is 2.22. The van der Waals surface area contributed by atoms with Gasteiger partial charge in [-0.2, -0.15) is 35.3 Å². The van der Waals surface area contributed by atoms with Crippen molar-refractivity contribution in [3.05, 3.63) is 35.4 Å². The van der Waals surface area contributed by atoms with Crippen LogP contribution in [0.15, 0.2) is 24.8 Å². The van der Waals surface area contributed by atoms with Gasteiger partial charge in [-0.1, -0.05) is 53.1 Å². The molecule has 0 bridgehead atoms. The summed E-state index contributed by atoms with van der Waals surface area (Å²) in [7, 11) is 0.954. The minimum Gasteiger partial charge on any atom is -0.452 e. The molecule has 4 heterocycles. The Balaban J connectivity index is -0.000000222. The van der Waals surface area contributed by atoms with E-state index in [2.05, 4.69) is 40.5 Å². The second kappa shape index (κ2) is 59.0. The van der Waals surface area contributed by atoms with Gasteiger partial charge in [-0.05, 0) is 84.8 Å². The predicted octanol–water partition coefficient (Wildman–Crippen LogP) is 9.82. The molecule has 0 aliphatic carbocycles. The molecule has 2 aromatic heterocycles. The van der Waals surface area contributed by atoms with Crippen LogP contribution < -0.4 is 16.0 Å². The average Bonchev–Trinajstić information content (AvgIpc) is 3.58. The van der Waals surface area contributed by atoms with Gasteiger partial charge in [-0.3, -0.25) is 47.8 Å². The molecule has 4 rings (SSSR count). The highest BCUT2D eigenvalue weighted by atomic mass is 35.5. The number of rotatable bonds is 20. The number of sulfone groups is 1. The molecule has 524 valence electrons. The summed E-state index contributed by atoms with van der Waals surface area (Å²) >= 11 is 7.11. The Hall–Kier alpha value is -6.03. The Morgan fingerprint density at radius 3 is 1.65 bits per heavy atom. The van der Waals surface area contributed by atoms with Gasteiger partial charge in [0.1, 0.15) is 48.1 Å². The van der Waals surface area contributed by atoms with Gasteiger partial charge in [0.05, 0.1) is 53.5 Å². The Morgan fingerprint density at radius 1 is 0.835 bits per heavy atom. The standard InChI is InChI=1S/C7H12O3S.C7H12O2S.C7H14O.C6H6ClN3O.C6H10F3NO.C6H11NO4.C6H12OS.C6H12O.C5H5N3.C4H9NO/c1-6(8)4-7-2-3-11(9,10)5-7;1-6(8)4-7-2-3-10(9)5-7;1-4-5-7(8)6(2)3;1-4(11)10-6-8-2-5(7)3-9-6;1-4(2)10-5(11)3-6(7,8)9;1-5(8)7(4-10-2)6(9)11-3;1-3-4-6(7)5-8-2;1-3-5-6(7)4-2;1-8-4-5(2-6)3-7-8;1-3-5-4(2)6/h7H,2-5H2,1H3;7H,2-5H2,1H3;6H,4-5H2,1-3H3;2-3H,1H3,(H,8,9,10,11);4H,3H2,1-2H3,(H,10,11);4H2,1-3H3;3-5H2,1-2H3;3-5H2,1-2H3;3-4H,1H3;3H2,1-2H3,(H,5,6). The zero-order valence-corrected chi connectivity index (χ0v) is 59.8. The molecule has 0 aromatic carbocycles. The lowest BCUT2D eigenvalue weighted by Crippen LogP contribution is -2.36. The number of amides is 5. The topological polar surface area (TPSA) is 347 Å². The van der Waals surface area contributed by atoms with E-state index in [9.17, 15) is 73.7 Å². The van der Waals surface area contributed by atoms with Crippen molar-refractivity contribution in [3.8, 4) is 6.07 Å². The Kier molecular flexibility index (Phi) is 62.3. The number of ether oxygens (including phenoxy) is 2. The van der Waals surface area contributed by atoms with E-state index >= 15 is 0 Å². The summed E-state index contributed by atoms with van der Waals surface area (Å²) in [6, 6.07) is 1.72. The molecular weight excluding hydrogens is 1280 g/mol. The first-order valence-electron chi connectivity index (χ1n) is 29.4. The summed E-state index contributed by atoms with van der Waals surface area (Å²) in [4.78, 5) is 114. The number of nitriles is 1. The van der Waals surface area contributed by atoms with E-state index in [1.54, 1.807) is 50.5 Å². The number of halogens is 4. The number of aryl methyl sites for hydroxylation is 1.